The predicted octanol–water partition coefficient (Wildman–Crippen LogP) is 2.97. The number of nitrogens with one attached hydrogen (secondary N) is 2. The average molecular weight is 306 g/mol. The quantitative estimate of drug-likeness (QED) is 0.573. The summed E-state index contributed by atoms with van der Waals surface area (Å²) in [5, 5.41) is 5.14. The van der Waals surface area contributed by atoms with E-state index in [2.05, 4.69) is 17.6 Å². The summed E-state index contributed by atoms with van der Waals surface area (Å²) in [7, 11) is 0. The molecule has 0 unspecified atom stereocenters. The maximum atomic E-state index is 11.7. The molecule has 2 amide bonds. The van der Waals surface area contributed by atoms with Gasteiger partial charge in [0.05, 0.1) is 6.61 Å². The lowest BCUT2D eigenvalue weighted by Crippen LogP contribution is -2.37. The standard InChI is InChI=1S/C17H26N2O3/c1-4-5-6-11-22-15-9-7-14(8-10-15)19-17(21)16(20)18-12-13(2)3/h7-10,13H,4-6,11-12H2,1-3H3,(H,18,20)(H,19,21). The molecule has 22 heavy (non-hydrogen) atoms. The molecule has 0 spiro atoms. The summed E-state index contributed by atoms with van der Waals surface area (Å²) in [5.41, 5.74) is 0.575. The highest BCUT2D eigenvalue weighted by Gasteiger charge is 2.13. The number of benzene rings is 1. The van der Waals surface area contributed by atoms with E-state index >= 15 is 0 Å². The van der Waals surface area contributed by atoms with E-state index in [-0.39, 0.29) is 0 Å². The topological polar surface area (TPSA) is 67.4 Å². The number of anilines is 1. The fourth-order valence-electron chi connectivity index (χ4n) is 1.74. The van der Waals surface area contributed by atoms with Crippen LogP contribution in [0.2, 0.25) is 0 Å². The average Bonchev–Trinajstić information content (AvgIpc) is 2.50. The van der Waals surface area contributed by atoms with Gasteiger partial charge in [0.2, 0.25) is 0 Å². The zero-order valence-electron chi connectivity index (χ0n) is 13.6. The Kier molecular flexibility index (Phi) is 8.04. The third-order valence-electron chi connectivity index (χ3n) is 3.01. The minimum atomic E-state index is -0.655. The first-order valence-electron chi connectivity index (χ1n) is 7.85. The van der Waals surface area contributed by atoms with Crippen molar-refractivity contribution < 1.29 is 14.3 Å². The summed E-state index contributed by atoms with van der Waals surface area (Å²) in [4.78, 5) is 23.3. The molecule has 1 rings (SSSR count). The van der Waals surface area contributed by atoms with Crippen molar-refractivity contribution >= 4 is 17.5 Å². The van der Waals surface area contributed by atoms with Crippen molar-refractivity contribution in [2.24, 2.45) is 5.92 Å². The largest absolute Gasteiger partial charge is 0.494 e. The van der Waals surface area contributed by atoms with Gasteiger partial charge in [0.25, 0.3) is 0 Å². The zero-order valence-corrected chi connectivity index (χ0v) is 13.6. The number of hydrogen-bond donors (Lipinski definition) is 2. The third-order valence-corrected chi connectivity index (χ3v) is 3.01. The number of carbonyl (C=O) groups is 2. The van der Waals surface area contributed by atoms with Crippen LogP contribution in [0, 0.1) is 5.92 Å². The summed E-state index contributed by atoms with van der Waals surface area (Å²) in [6.45, 7) is 7.26. The van der Waals surface area contributed by atoms with Crippen molar-refractivity contribution in [1.29, 1.82) is 0 Å². The number of unbranched alkanes of at least 4 members (excludes halogenated alkanes) is 2. The smallest absolute Gasteiger partial charge is 0.313 e. The number of amides is 2. The van der Waals surface area contributed by atoms with Gasteiger partial charge >= 0.3 is 11.8 Å². The third kappa shape index (κ3) is 7.11. The van der Waals surface area contributed by atoms with Gasteiger partial charge in [-0.1, -0.05) is 33.6 Å². The Morgan fingerprint density at radius 2 is 1.77 bits per heavy atom. The van der Waals surface area contributed by atoms with Gasteiger partial charge in [0.1, 0.15) is 5.75 Å². The summed E-state index contributed by atoms with van der Waals surface area (Å²) < 4.78 is 5.59. The molecule has 0 saturated heterocycles. The lowest BCUT2D eigenvalue weighted by molar-refractivity contribution is -0.136. The second-order valence-electron chi connectivity index (χ2n) is 5.64. The molecule has 0 aliphatic carbocycles. The lowest BCUT2D eigenvalue weighted by atomic mass is 10.2. The molecule has 0 bridgehead atoms. The van der Waals surface area contributed by atoms with Crippen LogP contribution in [0.3, 0.4) is 0 Å². The molecule has 0 aliphatic heterocycles. The van der Waals surface area contributed by atoms with Crippen LogP contribution in [0.1, 0.15) is 40.0 Å². The second-order valence-corrected chi connectivity index (χ2v) is 5.64. The van der Waals surface area contributed by atoms with E-state index in [9.17, 15) is 9.59 Å². The van der Waals surface area contributed by atoms with Crippen molar-refractivity contribution in [2.75, 3.05) is 18.5 Å². The van der Waals surface area contributed by atoms with Crippen molar-refractivity contribution in [1.82, 2.24) is 5.32 Å². The zero-order chi connectivity index (χ0) is 16.4. The van der Waals surface area contributed by atoms with Crippen molar-refractivity contribution in [2.45, 2.75) is 40.0 Å². The van der Waals surface area contributed by atoms with Gasteiger partial charge in [-0.2, -0.15) is 0 Å². The highest BCUT2D eigenvalue weighted by molar-refractivity contribution is 6.39. The molecule has 1 aromatic carbocycles. The Morgan fingerprint density at radius 1 is 1.09 bits per heavy atom. The van der Waals surface area contributed by atoms with Crippen LogP contribution >= 0.6 is 0 Å². The molecule has 5 nitrogen and oxygen atoms in total. The van der Waals surface area contributed by atoms with E-state index in [4.69, 9.17) is 4.74 Å². The number of rotatable bonds is 8. The molecule has 0 heterocycles. The highest BCUT2D eigenvalue weighted by atomic mass is 16.5. The Morgan fingerprint density at radius 3 is 2.36 bits per heavy atom. The van der Waals surface area contributed by atoms with Crippen LogP contribution in [0.15, 0.2) is 24.3 Å². The molecule has 2 N–H and O–H groups in total. The van der Waals surface area contributed by atoms with Gasteiger partial charge in [-0.05, 0) is 36.6 Å². The Balaban J connectivity index is 2.39. The van der Waals surface area contributed by atoms with Gasteiger partial charge in [0, 0.05) is 12.2 Å². The minimum absolute atomic E-state index is 0.306. The predicted molar refractivity (Wildman–Crippen MR) is 87.9 cm³/mol. The number of carbonyl (C=O) groups excluding carboxylic acids is 2. The number of hydrogen-bond acceptors (Lipinski definition) is 3. The Hall–Kier alpha value is -2.04. The molecule has 0 atom stereocenters. The SMILES string of the molecule is CCCCCOc1ccc(NC(=O)C(=O)NCC(C)C)cc1. The summed E-state index contributed by atoms with van der Waals surface area (Å²) in [6, 6.07) is 7.02. The van der Waals surface area contributed by atoms with Crippen LogP contribution < -0.4 is 15.4 Å². The van der Waals surface area contributed by atoms with Crippen LogP contribution in [0.5, 0.6) is 5.75 Å². The summed E-state index contributed by atoms with van der Waals surface area (Å²) in [5.74, 6) is -0.204. The van der Waals surface area contributed by atoms with Crippen LogP contribution in [0.25, 0.3) is 0 Å². The molecule has 0 radical (unpaired) electrons. The summed E-state index contributed by atoms with van der Waals surface area (Å²) in [6.07, 6.45) is 3.35. The van der Waals surface area contributed by atoms with E-state index in [0.29, 0.717) is 24.8 Å². The van der Waals surface area contributed by atoms with E-state index in [1.807, 2.05) is 13.8 Å². The normalized spacial score (nSPS) is 10.4. The molecular weight excluding hydrogens is 280 g/mol. The van der Waals surface area contributed by atoms with Crippen molar-refractivity contribution in [3.8, 4) is 5.75 Å². The first kappa shape index (κ1) is 18.0. The first-order chi connectivity index (χ1) is 10.5. The fraction of sp³-hybridized carbons (Fsp3) is 0.529. The van der Waals surface area contributed by atoms with E-state index in [1.54, 1.807) is 24.3 Å². The first-order valence-corrected chi connectivity index (χ1v) is 7.85. The molecule has 5 heteroatoms. The monoisotopic (exact) mass is 306 g/mol. The molecular formula is C17H26N2O3. The molecule has 1 aromatic rings. The minimum Gasteiger partial charge on any atom is -0.494 e. The van der Waals surface area contributed by atoms with Crippen LogP contribution in [-0.4, -0.2) is 25.0 Å². The lowest BCUT2D eigenvalue weighted by Gasteiger charge is -2.09. The number of ether oxygens (including phenoxy) is 1. The van der Waals surface area contributed by atoms with Gasteiger partial charge in [-0.15, -0.1) is 0 Å². The Labute approximate surface area is 132 Å². The van der Waals surface area contributed by atoms with E-state index in [1.165, 1.54) is 0 Å². The highest BCUT2D eigenvalue weighted by Crippen LogP contribution is 2.16. The molecule has 122 valence electrons. The molecule has 0 saturated carbocycles. The second kappa shape index (κ2) is 9.82. The van der Waals surface area contributed by atoms with Crippen molar-refractivity contribution in [3.63, 3.8) is 0 Å². The van der Waals surface area contributed by atoms with E-state index < -0.39 is 11.8 Å². The maximum absolute atomic E-state index is 11.7. The van der Waals surface area contributed by atoms with Gasteiger partial charge in [0.15, 0.2) is 0 Å². The van der Waals surface area contributed by atoms with E-state index in [0.717, 1.165) is 25.0 Å². The molecule has 0 fully saturated rings. The van der Waals surface area contributed by atoms with Crippen LogP contribution in [0.4, 0.5) is 5.69 Å². The van der Waals surface area contributed by atoms with Gasteiger partial charge in [-0.25, -0.2) is 0 Å². The van der Waals surface area contributed by atoms with Crippen molar-refractivity contribution in [3.05, 3.63) is 24.3 Å². The molecule has 0 aromatic heterocycles. The maximum Gasteiger partial charge on any atom is 0.313 e. The summed E-state index contributed by atoms with van der Waals surface area (Å²) >= 11 is 0. The van der Waals surface area contributed by atoms with Gasteiger partial charge < -0.3 is 15.4 Å². The molecule has 0 aliphatic rings. The Bertz CT molecular complexity index is 469. The fourth-order valence-corrected chi connectivity index (χ4v) is 1.74. The van der Waals surface area contributed by atoms with Gasteiger partial charge in [-0.3, -0.25) is 9.59 Å². The van der Waals surface area contributed by atoms with Crippen LogP contribution in [-0.2, 0) is 9.59 Å².